The van der Waals surface area contributed by atoms with Gasteiger partial charge in [-0.05, 0) is 51.2 Å². The highest BCUT2D eigenvalue weighted by molar-refractivity contribution is 6.74. The van der Waals surface area contributed by atoms with Gasteiger partial charge in [-0.15, -0.1) is 0 Å². The molecule has 140 valence electrons. The van der Waals surface area contributed by atoms with E-state index in [-0.39, 0.29) is 29.5 Å². The maximum atomic E-state index is 10.7. The summed E-state index contributed by atoms with van der Waals surface area (Å²) in [5.41, 5.74) is 0. The predicted octanol–water partition coefficient (Wildman–Crippen LogP) is 3.66. The summed E-state index contributed by atoms with van der Waals surface area (Å²) >= 11 is 0. The van der Waals surface area contributed by atoms with Crippen LogP contribution in [-0.4, -0.2) is 51.4 Å². The van der Waals surface area contributed by atoms with E-state index >= 15 is 0 Å². The second-order valence-corrected chi connectivity index (χ2v) is 13.8. The van der Waals surface area contributed by atoms with Gasteiger partial charge in [0, 0.05) is 6.61 Å². The van der Waals surface area contributed by atoms with Gasteiger partial charge in [-0.1, -0.05) is 20.8 Å². The smallest absolute Gasteiger partial charge is 0.191 e. The minimum atomic E-state index is -1.73. The van der Waals surface area contributed by atoms with Crippen molar-refractivity contribution in [2.75, 3.05) is 6.61 Å². The molecule has 0 aromatic rings. The molecule has 2 rings (SSSR count). The first-order valence-electron chi connectivity index (χ1n) is 9.05. The van der Waals surface area contributed by atoms with E-state index in [0.29, 0.717) is 6.61 Å². The van der Waals surface area contributed by atoms with Gasteiger partial charge in [0.2, 0.25) is 0 Å². The van der Waals surface area contributed by atoms with Gasteiger partial charge in [0.15, 0.2) is 20.4 Å². The fourth-order valence-electron chi connectivity index (χ4n) is 2.88. The van der Waals surface area contributed by atoms with Crippen molar-refractivity contribution in [1.82, 2.24) is 0 Å². The second kappa shape index (κ2) is 7.15. The lowest BCUT2D eigenvalue weighted by molar-refractivity contribution is -0.147. The Bertz CT molecular complexity index is 443. The van der Waals surface area contributed by atoms with Crippen molar-refractivity contribution in [1.29, 1.82) is 0 Å². The van der Waals surface area contributed by atoms with E-state index in [1.807, 2.05) is 13.8 Å². The van der Waals surface area contributed by atoms with Crippen molar-refractivity contribution in [3.63, 3.8) is 0 Å². The first-order chi connectivity index (χ1) is 11.0. The van der Waals surface area contributed by atoms with Crippen molar-refractivity contribution in [3.05, 3.63) is 0 Å². The number of hydrogen-bond donors (Lipinski definition) is 0. The summed E-state index contributed by atoms with van der Waals surface area (Å²) < 4.78 is 23.7. The van der Waals surface area contributed by atoms with Crippen LogP contribution < -0.4 is 0 Å². The lowest BCUT2D eigenvalue weighted by Crippen LogP contribution is -2.41. The molecule has 0 saturated carbocycles. The van der Waals surface area contributed by atoms with Crippen LogP contribution in [0.2, 0.25) is 18.1 Å². The van der Waals surface area contributed by atoms with Crippen LogP contribution in [0.15, 0.2) is 0 Å². The quantitative estimate of drug-likeness (QED) is 0.376. The van der Waals surface area contributed by atoms with Gasteiger partial charge < -0.3 is 23.4 Å². The normalized spacial score (nSPS) is 32.8. The summed E-state index contributed by atoms with van der Waals surface area (Å²) in [6.07, 6.45) is 3.35. The van der Waals surface area contributed by atoms with E-state index in [0.717, 1.165) is 25.5 Å². The third-order valence-electron chi connectivity index (χ3n) is 5.45. The van der Waals surface area contributed by atoms with E-state index < -0.39 is 14.1 Å². The topological polar surface area (TPSA) is 57.3 Å². The number of carbonyl (C=O) groups is 1. The average molecular weight is 359 g/mol. The highest BCUT2D eigenvalue weighted by atomic mass is 28.4. The zero-order chi connectivity index (χ0) is 18.2. The maximum Gasteiger partial charge on any atom is 0.191 e. The number of carbonyl (C=O) groups excluding carboxylic acids is 1. The Kier molecular flexibility index (Phi) is 5.97. The van der Waals surface area contributed by atoms with Crippen molar-refractivity contribution >= 4 is 14.6 Å². The van der Waals surface area contributed by atoms with Crippen LogP contribution in [0, 0.1) is 0 Å². The standard InChI is InChI=1S/C18H34O5Si/c1-17(2,3)24(6,7)20-11-10-15-14(22-18(4,5)23-15)9-8-13-16(12-19)21-13/h12-16H,8-11H2,1-7H3/t13-,14+,15+,16-/m1/s1. The van der Waals surface area contributed by atoms with Gasteiger partial charge in [-0.25, -0.2) is 0 Å². The van der Waals surface area contributed by atoms with Crippen LogP contribution in [-0.2, 0) is 23.4 Å². The van der Waals surface area contributed by atoms with Gasteiger partial charge in [0.25, 0.3) is 0 Å². The van der Waals surface area contributed by atoms with Crippen molar-refractivity contribution in [2.24, 2.45) is 0 Å². The summed E-state index contributed by atoms with van der Waals surface area (Å²) in [6.45, 7) is 15.9. The molecule has 0 radical (unpaired) electrons. The molecule has 4 atom stereocenters. The van der Waals surface area contributed by atoms with Crippen molar-refractivity contribution in [2.45, 2.75) is 102 Å². The fraction of sp³-hybridized carbons (Fsp3) is 0.944. The molecule has 6 heteroatoms. The van der Waals surface area contributed by atoms with Crippen LogP contribution >= 0.6 is 0 Å². The lowest BCUT2D eigenvalue weighted by atomic mass is 10.0. The van der Waals surface area contributed by atoms with Crippen LogP contribution in [0.1, 0.15) is 53.9 Å². The fourth-order valence-corrected chi connectivity index (χ4v) is 3.94. The molecule has 0 unspecified atom stereocenters. The number of aldehydes is 1. The van der Waals surface area contributed by atoms with Crippen molar-refractivity contribution in [3.8, 4) is 0 Å². The van der Waals surface area contributed by atoms with Crippen LogP contribution in [0.4, 0.5) is 0 Å². The molecule has 5 nitrogen and oxygen atoms in total. The molecule has 2 saturated heterocycles. The van der Waals surface area contributed by atoms with Crippen LogP contribution in [0.5, 0.6) is 0 Å². The average Bonchev–Trinajstić information content (AvgIpc) is 3.13. The Balaban J connectivity index is 1.81. The molecule has 0 aromatic heterocycles. The maximum absolute atomic E-state index is 10.7. The Morgan fingerprint density at radius 1 is 1.04 bits per heavy atom. The largest absolute Gasteiger partial charge is 0.417 e. The zero-order valence-electron chi connectivity index (χ0n) is 16.3. The Hall–Kier alpha value is -0.273. The monoisotopic (exact) mass is 358 g/mol. The Labute approximate surface area is 147 Å². The van der Waals surface area contributed by atoms with Gasteiger partial charge in [-0.2, -0.15) is 0 Å². The zero-order valence-corrected chi connectivity index (χ0v) is 17.3. The summed E-state index contributed by atoms with van der Waals surface area (Å²) in [4.78, 5) is 10.7. The molecule has 0 aromatic carbocycles. The minimum Gasteiger partial charge on any atom is -0.417 e. The molecule has 0 N–H and O–H groups in total. The molecule has 2 aliphatic heterocycles. The summed E-state index contributed by atoms with van der Waals surface area (Å²) in [5, 5.41) is 0.214. The predicted molar refractivity (Wildman–Crippen MR) is 95.6 cm³/mol. The van der Waals surface area contributed by atoms with E-state index in [1.165, 1.54) is 0 Å². The van der Waals surface area contributed by atoms with Gasteiger partial charge in [0.05, 0.1) is 18.3 Å². The number of rotatable bonds is 8. The first-order valence-corrected chi connectivity index (χ1v) is 12.0. The van der Waals surface area contributed by atoms with Crippen molar-refractivity contribution < 1.29 is 23.4 Å². The lowest BCUT2D eigenvalue weighted by Gasteiger charge is -2.36. The summed E-state index contributed by atoms with van der Waals surface area (Å²) in [5.74, 6) is -0.555. The van der Waals surface area contributed by atoms with Gasteiger partial charge in [0.1, 0.15) is 6.10 Å². The number of epoxide rings is 1. The molecular formula is C18H34O5Si. The molecule has 2 heterocycles. The Morgan fingerprint density at radius 3 is 2.08 bits per heavy atom. The number of hydrogen-bond acceptors (Lipinski definition) is 5. The second-order valence-electron chi connectivity index (χ2n) is 8.96. The number of ether oxygens (including phenoxy) is 3. The molecule has 0 aliphatic carbocycles. The highest BCUT2D eigenvalue weighted by Gasteiger charge is 2.44. The molecule has 0 bridgehead atoms. The van der Waals surface area contributed by atoms with E-state index in [9.17, 15) is 4.79 Å². The van der Waals surface area contributed by atoms with Crippen LogP contribution in [0.3, 0.4) is 0 Å². The molecular weight excluding hydrogens is 324 g/mol. The molecule has 24 heavy (non-hydrogen) atoms. The summed E-state index contributed by atoms with van der Waals surface area (Å²) in [6, 6.07) is 0. The Morgan fingerprint density at radius 2 is 1.58 bits per heavy atom. The minimum absolute atomic E-state index is 0.0400. The highest BCUT2D eigenvalue weighted by Crippen LogP contribution is 2.38. The van der Waals surface area contributed by atoms with E-state index in [2.05, 4.69) is 33.9 Å². The van der Waals surface area contributed by atoms with Gasteiger partial charge >= 0.3 is 0 Å². The first kappa shape index (κ1) is 20.0. The van der Waals surface area contributed by atoms with Crippen LogP contribution in [0.25, 0.3) is 0 Å². The molecule has 2 fully saturated rings. The summed E-state index contributed by atoms with van der Waals surface area (Å²) in [7, 11) is -1.73. The van der Waals surface area contributed by atoms with E-state index in [1.54, 1.807) is 0 Å². The molecule has 0 spiro atoms. The third kappa shape index (κ3) is 5.11. The molecule has 2 aliphatic rings. The SMILES string of the molecule is CC1(C)O[C@@H](CCO[Si](C)(C)C(C)(C)C)[C@H](CC[C@H]2O[C@@H]2C=O)O1. The van der Waals surface area contributed by atoms with Gasteiger partial charge in [-0.3, -0.25) is 0 Å². The molecule has 0 amide bonds. The third-order valence-corrected chi connectivity index (χ3v) is 9.99. The van der Waals surface area contributed by atoms with E-state index in [4.69, 9.17) is 18.6 Å².